The smallest absolute Gasteiger partial charge is 0.243 e. The number of nitrogens with one attached hydrogen (secondary N) is 2. The predicted molar refractivity (Wildman–Crippen MR) is 68.0 cm³/mol. The fourth-order valence-electron chi connectivity index (χ4n) is 1.13. The van der Waals surface area contributed by atoms with Gasteiger partial charge in [-0.3, -0.25) is 9.59 Å². The number of benzene rings is 1. The largest absolute Gasteiger partial charge is 0.497 e. The molecule has 1 rings (SSSR count). The Kier molecular flexibility index (Phi) is 4.96. The van der Waals surface area contributed by atoms with Crippen molar-refractivity contribution in [3.63, 3.8) is 0 Å². The summed E-state index contributed by atoms with van der Waals surface area (Å²) in [5.41, 5.74) is 0.597. The molecule has 1 aromatic rings. The first-order valence-corrected chi connectivity index (χ1v) is 5.70. The van der Waals surface area contributed by atoms with Gasteiger partial charge in [0, 0.05) is 17.5 Å². The number of carbonyl (C=O) groups excluding carboxylic acids is 2. The molecule has 2 N–H and O–H groups in total. The van der Waals surface area contributed by atoms with Crippen LogP contribution in [0.2, 0.25) is 0 Å². The lowest BCUT2D eigenvalue weighted by Crippen LogP contribution is -2.31. The Hall–Kier alpha value is -1.56. The molecule has 0 bridgehead atoms. The van der Waals surface area contributed by atoms with Gasteiger partial charge >= 0.3 is 0 Å². The van der Waals surface area contributed by atoms with Crippen LogP contribution < -0.4 is 15.4 Å². The summed E-state index contributed by atoms with van der Waals surface area (Å²) in [6, 6.07) is 5.23. The molecule has 0 saturated carbocycles. The van der Waals surface area contributed by atoms with Crippen molar-refractivity contribution in [3.05, 3.63) is 22.7 Å². The van der Waals surface area contributed by atoms with Crippen LogP contribution in [0.1, 0.15) is 6.92 Å². The van der Waals surface area contributed by atoms with Gasteiger partial charge in [-0.25, -0.2) is 0 Å². The Morgan fingerprint density at radius 3 is 2.71 bits per heavy atom. The van der Waals surface area contributed by atoms with Crippen LogP contribution in [-0.4, -0.2) is 25.5 Å². The third-order valence-electron chi connectivity index (χ3n) is 1.95. The van der Waals surface area contributed by atoms with Crippen LogP contribution in [0.4, 0.5) is 5.69 Å². The van der Waals surface area contributed by atoms with Crippen molar-refractivity contribution in [2.45, 2.75) is 6.92 Å². The van der Waals surface area contributed by atoms with Gasteiger partial charge in [0.05, 0.1) is 19.3 Å². The van der Waals surface area contributed by atoms with E-state index in [1.165, 1.54) is 6.92 Å². The van der Waals surface area contributed by atoms with Crippen molar-refractivity contribution in [3.8, 4) is 5.75 Å². The van der Waals surface area contributed by atoms with Crippen LogP contribution >= 0.6 is 15.9 Å². The standard InChI is InChI=1S/C11H13BrN2O3/c1-7(15)13-6-11(16)14-10-5-8(17-2)3-4-9(10)12/h3-5H,6H2,1-2H3,(H,13,15)(H,14,16). The highest BCUT2D eigenvalue weighted by molar-refractivity contribution is 9.10. The summed E-state index contributed by atoms with van der Waals surface area (Å²) in [5.74, 6) is 0.0991. The first-order chi connectivity index (χ1) is 8.02. The zero-order valence-electron chi connectivity index (χ0n) is 9.54. The SMILES string of the molecule is COc1ccc(Br)c(NC(=O)CNC(C)=O)c1. The number of methoxy groups -OCH3 is 1. The van der Waals surface area contributed by atoms with E-state index < -0.39 is 0 Å². The fourth-order valence-corrected chi connectivity index (χ4v) is 1.47. The second kappa shape index (κ2) is 6.24. The summed E-state index contributed by atoms with van der Waals surface area (Å²) in [6.07, 6.45) is 0. The second-order valence-electron chi connectivity index (χ2n) is 3.30. The van der Waals surface area contributed by atoms with Crippen molar-refractivity contribution in [1.29, 1.82) is 0 Å². The fraction of sp³-hybridized carbons (Fsp3) is 0.273. The average Bonchev–Trinajstić information content (AvgIpc) is 2.29. The van der Waals surface area contributed by atoms with Crippen molar-refractivity contribution in [1.82, 2.24) is 5.32 Å². The Balaban J connectivity index is 2.67. The molecule has 2 amide bonds. The van der Waals surface area contributed by atoms with Gasteiger partial charge in [-0.05, 0) is 28.1 Å². The molecule has 0 aliphatic carbocycles. The highest BCUT2D eigenvalue weighted by Gasteiger charge is 2.07. The van der Waals surface area contributed by atoms with Crippen molar-refractivity contribution < 1.29 is 14.3 Å². The molecule has 0 atom stereocenters. The van der Waals surface area contributed by atoms with E-state index >= 15 is 0 Å². The van der Waals surface area contributed by atoms with Crippen LogP contribution in [0.5, 0.6) is 5.75 Å². The first kappa shape index (κ1) is 13.5. The lowest BCUT2D eigenvalue weighted by atomic mass is 10.3. The molecule has 0 fully saturated rings. The number of rotatable bonds is 4. The van der Waals surface area contributed by atoms with Gasteiger partial charge in [-0.2, -0.15) is 0 Å². The number of hydrogen-bond acceptors (Lipinski definition) is 3. The maximum Gasteiger partial charge on any atom is 0.243 e. The molecule has 0 spiro atoms. The Labute approximate surface area is 108 Å². The van der Waals surface area contributed by atoms with Crippen LogP contribution in [0.3, 0.4) is 0 Å². The Morgan fingerprint density at radius 1 is 1.41 bits per heavy atom. The number of ether oxygens (including phenoxy) is 1. The van der Waals surface area contributed by atoms with Gasteiger partial charge in [0.2, 0.25) is 11.8 Å². The van der Waals surface area contributed by atoms with Crippen molar-refractivity contribution in [2.75, 3.05) is 19.0 Å². The molecule has 0 radical (unpaired) electrons. The molecule has 1 aromatic carbocycles. The molecular formula is C11H13BrN2O3. The minimum absolute atomic E-state index is 0.0566. The maximum absolute atomic E-state index is 11.5. The maximum atomic E-state index is 11.5. The summed E-state index contributed by atoms with van der Waals surface area (Å²) in [7, 11) is 1.55. The summed E-state index contributed by atoms with van der Waals surface area (Å²) in [6.45, 7) is 1.30. The van der Waals surface area contributed by atoms with E-state index in [-0.39, 0.29) is 18.4 Å². The van der Waals surface area contributed by atoms with Crippen molar-refractivity contribution in [2.24, 2.45) is 0 Å². The van der Waals surface area contributed by atoms with E-state index in [4.69, 9.17) is 4.74 Å². The number of anilines is 1. The van der Waals surface area contributed by atoms with Gasteiger partial charge in [0.1, 0.15) is 5.75 Å². The summed E-state index contributed by atoms with van der Waals surface area (Å²) in [5, 5.41) is 5.08. The number of amides is 2. The van der Waals surface area contributed by atoms with Gasteiger partial charge < -0.3 is 15.4 Å². The first-order valence-electron chi connectivity index (χ1n) is 4.90. The molecule has 0 unspecified atom stereocenters. The van der Waals surface area contributed by atoms with Crippen LogP contribution in [-0.2, 0) is 9.59 Å². The second-order valence-corrected chi connectivity index (χ2v) is 4.16. The molecule has 5 nitrogen and oxygen atoms in total. The summed E-state index contributed by atoms with van der Waals surface area (Å²) < 4.78 is 5.79. The lowest BCUT2D eigenvalue weighted by Gasteiger charge is -2.09. The van der Waals surface area contributed by atoms with Gasteiger partial charge in [0.15, 0.2) is 0 Å². The molecular weight excluding hydrogens is 288 g/mol. The van der Waals surface area contributed by atoms with E-state index in [2.05, 4.69) is 26.6 Å². The molecule has 92 valence electrons. The monoisotopic (exact) mass is 300 g/mol. The van der Waals surface area contributed by atoms with E-state index in [9.17, 15) is 9.59 Å². The molecule has 0 heterocycles. The molecule has 17 heavy (non-hydrogen) atoms. The summed E-state index contributed by atoms with van der Waals surface area (Å²) in [4.78, 5) is 22.1. The molecule has 0 saturated heterocycles. The zero-order valence-corrected chi connectivity index (χ0v) is 11.1. The highest BCUT2D eigenvalue weighted by Crippen LogP contribution is 2.26. The zero-order chi connectivity index (χ0) is 12.8. The van der Waals surface area contributed by atoms with E-state index in [1.54, 1.807) is 25.3 Å². The third kappa shape index (κ3) is 4.44. The topological polar surface area (TPSA) is 67.4 Å². The van der Waals surface area contributed by atoms with Crippen LogP contribution in [0, 0.1) is 0 Å². The highest BCUT2D eigenvalue weighted by atomic mass is 79.9. The minimum atomic E-state index is -0.297. The molecule has 0 aliphatic heterocycles. The van der Waals surface area contributed by atoms with E-state index in [0.29, 0.717) is 11.4 Å². The van der Waals surface area contributed by atoms with Crippen LogP contribution in [0.25, 0.3) is 0 Å². The number of halogens is 1. The van der Waals surface area contributed by atoms with Gasteiger partial charge in [-0.1, -0.05) is 0 Å². The quantitative estimate of drug-likeness (QED) is 0.886. The third-order valence-corrected chi connectivity index (χ3v) is 2.64. The van der Waals surface area contributed by atoms with E-state index in [0.717, 1.165) is 4.47 Å². The van der Waals surface area contributed by atoms with Gasteiger partial charge in [0.25, 0.3) is 0 Å². The molecule has 0 aliphatic rings. The molecule has 0 aromatic heterocycles. The Bertz CT molecular complexity index is 435. The lowest BCUT2D eigenvalue weighted by molar-refractivity contribution is -0.122. The van der Waals surface area contributed by atoms with Gasteiger partial charge in [-0.15, -0.1) is 0 Å². The Morgan fingerprint density at radius 2 is 2.12 bits per heavy atom. The minimum Gasteiger partial charge on any atom is -0.497 e. The molecule has 6 heteroatoms. The van der Waals surface area contributed by atoms with Crippen LogP contribution in [0.15, 0.2) is 22.7 Å². The number of hydrogen-bond donors (Lipinski definition) is 2. The van der Waals surface area contributed by atoms with E-state index in [1.807, 2.05) is 0 Å². The van der Waals surface area contributed by atoms with Crippen molar-refractivity contribution >= 4 is 33.4 Å². The average molecular weight is 301 g/mol. The number of carbonyl (C=O) groups is 2. The normalized spacial score (nSPS) is 9.59. The summed E-state index contributed by atoms with van der Waals surface area (Å²) >= 11 is 3.31. The predicted octanol–water partition coefficient (Wildman–Crippen LogP) is 1.53.